The summed E-state index contributed by atoms with van der Waals surface area (Å²) in [5.41, 5.74) is 9.81. The zero-order valence-corrected chi connectivity index (χ0v) is 9.42. The van der Waals surface area contributed by atoms with Gasteiger partial charge in [-0.15, -0.1) is 9.05 Å². The summed E-state index contributed by atoms with van der Waals surface area (Å²) in [6, 6.07) is 0. The van der Waals surface area contributed by atoms with Crippen LogP contribution in [0.4, 0.5) is 0 Å². The van der Waals surface area contributed by atoms with Crippen molar-refractivity contribution in [1.82, 2.24) is 0 Å². The number of rotatable bonds is 1. The largest absolute Gasteiger partial charge is 0.697 e. The van der Waals surface area contributed by atoms with Gasteiger partial charge in [0.2, 0.25) is 0 Å². The molecular formula is C6H16FeN2O3P+. The molecule has 1 aliphatic rings. The average molecular weight is 251 g/mol. The second-order valence-corrected chi connectivity index (χ2v) is 3.14. The van der Waals surface area contributed by atoms with Gasteiger partial charge >= 0.3 is 8.25 Å². The summed E-state index contributed by atoms with van der Waals surface area (Å²) in [4.78, 5) is 0. The van der Waals surface area contributed by atoms with Crippen molar-refractivity contribution in [1.29, 1.82) is 0 Å². The van der Waals surface area contributed by atoms with Crippen LogP contribution in [0.2, 0.25) is 0 Å². The third-order valence-electron chi connectivity index (χ3n) is 1.10. The zero-order chi connectivity index (χ0) is 9.23. The Morgan fingerprint density at radius 2 is 1.46 bits per heavy atom. The molecule has 0 unspecified atom stereocenters. The second kappa shape index (κ2) is 12.5. The predicted molar refractivity (Wildman–Crippen MR) is 46.9 cm³/mol. The molecule has 0 saturated carbocycles. The first kappa shape index (κ1) is 15.9. The first-order chi connectivity index (χ1) is 5.81. The molecule has 4 N–H and O–H groups in total. The molecule has 80 valence electrons. The first-order valence-corrected chi connectivity index (χ1v) is 5.04. The summed E-state index contributed by atoms with van der Waals surface area (Å²) in [7, 11) is -1.77. The van der Waals surface area contributed by atoms with Crippen molar-refractivity contribution < 1.29 is 30.7 Å². The molecule has 1 saturated heterocycles. The molecule has 5 nitrogen and oxygen atoms in total. The van der Waals surface area contributed by atoms with Crippen molar-refractivity contribution in [3.8, 4) is 0 Å². The third-order valence-corrected chi connectivity index (χ3v) is 1.89. The molecule has 0 atom stereocenters. The molecule has 1 aliphatic heterocycles. The topological polar surface area (TPSA) is 87.6 Å². The maximum Gasteiger partial charge on any atom is 0.697 e. The maximum atomic E-state index is 10.4. The van der Waals surface area contributed by atoms with Crippen molar-refractivity contribution in [3.05, 3.63) is 0 Å². The van der Waals surface area contributed by atoms with Crippen LogP contribution in [0.25, 0.3) is 0 Å². The van der Waals surface area contributed by atoms with Crippen molar-refractivity contribution in [3.63, 3.8) is 0 Å². The van der Waals surface area contributed by atoms with E-state index in [9.17, 15) is 4.57 Å². The minimum Gasteiger partial charge on any atom is -0.329 e. The summed E-state index contributed by atoms with van der Waals surface area (Å²) in [5.74, 6) is 0. The van der Waals surface area contributed by atoms with Crippen LogP contribution in [-0.4, -0.2) is 26.3 Å². The molecule has 1 heterocycles. The molecule has 0 aromatic heterocycles. The van der Waals surface area contributed by atoms with Crippen molar-refractivity contribution >= 4 is 8.25 Å². The van der Waals surface area contributed by atoms with Gasteiger partial charge in [0.05, 0.1) is 0 Å². The van der Waals surface area contributed by atoms with Crippen LogP contribution in [0.1, 0.15) is 12.8 Å². The summed E-state index contributed by atoms with van der Waals surface area (Å²) >= 11 is 0. The van der Waals surface area contributed by atoms with Gasteiger partial charge in [-0.05, 0) is 12.8 Å². The van der Waals surface area contributed by atoms with E-state index in [4.69, 9.17) is 11.5 Å². The van der Waals surface area contributed by atoms with E-state index in [0.717, 1.165) is 12.8 Å². The van der Waals surface area contributed by atoms with E-state index < -0.39 is 8.25 Å². The molecule has 0 aromatic rings. The Morgan fingerprint density at radius 3 is 1.77 bits per heavy atom. The molecule has 1 fully saturated rings. The van der Waals surface area contributed by atoms with Gasteiger partial charge < -0.3 is 11.5 Å². The van der Waals surface area contributed by atoms with Crippen LogP contribution in [0.5, 0.6) is 0 Å². The number of hydrogen-bond donors (Lipinski definition) is 2. The van der Waals surface area contributed by atoms with Gasteiger partial charge in [-0.1, -0.05) is 0 Å². The van der Waals surface area contributed by atoms with Gasteiger partial charge in [0.15, 0.2) is 0 Å². The standard InChI is InChI=1S/C4H8O3P.C2H8N2.Fe/c5-8-6-3-1-2-4-7-8;3-1-2-4;/h1-4H2;1-4H2;/q+1;;. The SMILES string of the molecule is NCCN.O=[P+]1OCCCCO1.[Fe]. The van der Waals surface area contributed by atoms with Crippen LogP contribution in [0, 0.1) is 0 Å². The molecule has 0 radical (unpaired) electrons. The van der Waals surface area contributed by atoms with Gasteiger partial charge in [-0.2, -0.15) is 0 Å². The van der Waals surface area contributed by atoms with E-state index >= 15 is 0 Å². The fourth-order valence-corrected chi connectivity index (χ4v) is 1.15. The maximum absolute atomic E-state index is 10.4. The summed E-state index contributed by atoms with van der Waals surface area (Å²) < 4.78 is 19.8. The first-order valence-electron chi connectivity index (χ1n) is 3.94. The Labute approximate surface area is 89.9 Å². The minimum absolute atomic E-state index is 0. The third kappa shape index (κ3) is 12.5. The fraction of sp³-hybridized carbons (Fsp3) is 1.00. The quantitative estimate of drug-likeness (QED) is 0.519. The zero-order valence-electron chi connectivity index (χ0n) is 7.42. The van der Waals surface area contributed by atoms with Gasteiger partial charge in [0.25, 0.3) is 0 Å². The molecule has 1 rings (SSSR count). The summed E-state index contributed by atoms with van der Waals surface area (Å²) in [5, 5.41) is 0. The molecular weight excluding hydrogens is 235 g/mol. The smallest absolute Gasteiger partial charge is 0.329 e. The van der Waals surface area contributed by atoms with Gasteiger partial charge in [-0.25, -0.2) is 0 Å². The van der Waals surface area contributed by atoms with Crippen LogP contribution in [0.3, 0.4) is 0 Å². The Morgan fingerprint density at radius 1 is 1.08 bits per heavy atom. The van der Waals surface area contributed by atoms with Gasteiger partial charge in [0.1, 0.15) is 13.2 Å². The summed E-state index contributed by atoms with van der Waals surface area (Å²) in [6.07, 6.45) is 1.92. The predicted octanol–water partition coefficient (Wildman–Crippen LogP) is 0.372. The average Bonchev–Trinajstić information content (AvgIpc) is 2.33. The Hall–Kier alpha value is 0.459. The normalized spacial score (nSPS) is 16.3. The van der Waals surface area contributed by atoms with Crippen LogP contribution >= 0.6 is 8.25 Å². The van der Waals surface area contributed by atoms with Crippen LogP contribution in [0.15, 0.2) is 0 Å². The molecule has 0 aliphatic carbocycles. The van der Waals surface area contributed by atoms with E-state index in [1.807, 2.05) is 0 Å². The Kier molecular flexibility index (Phi) is 15.2. The minimum atomic E-state index is -1.77. The number of hydrogen-bond acceptors (Lipinski definition) is 5. The van der Waals surface area contributed by atoms with Gasteiger partial charge in [-0.3, -0.25) is 0 Å². The van der Waals surface area contributed by atoms with Crippen molar-refractivity contribution in [2.75, 3.05) is 26.3 Å². The number of nitrogens with two attached hydrogens (primary N) is 2. The second-order valence-electron chi connectivity index (χ2n) is 2.17. The summed E-state index contributed by atoms with van der Waals surface area (Å²) in [6.45, 7) is 2.35. The van der Waals surface area contributed by atoms with E-state index in [1.54, 1.807) is 0 Å². The molecule has 0 spiro atoms. The van der Waals surface area contributed by atoms with Crippen LogP contribution < -0.4 is 11.5 Å². The Balaban J connectivity index is 0. The fourth-order valence-electron chi connectivity index (χ4n) is 0.520. The molecule has 0 amide bonds. The van der Waals surface area contributed by atoms with Crippen molar-refractivity contribution in [2.45, 2.75) is 12.8 Å². The molecule has 7 heteroatoms. The van der Waals surface area contributed by atoms with Crippen LogP contribution in [-0.2, 0) is 30.7 Å². The molecule has 0 bridgehead atoms. The molecule has 13 heavy (non-hydrogen) atoms. The Bertz CT molecular complexity index is 116. The molecule has 0 aromatic carbocycles. The van der Waals surface area contributed by atoms with E-state index in [0.29, 0.717) is 26.3 Å². The van der Waals surface area contributed by atoms with Crippen molar-refractivity contribution in [2.24, 2.45) is 11.5 Å². The van der Waals surface area contributed by atoms with E-state index in [1.165, 1.54) is 0 Å². The monoisotopic (exact) mass is 251 g/mol. The van der Waals surface area contributed by atoms with Gasteiger partial charge in [0, 0.05) is 34.7 Å². The van der Waals surface area contributed by atoms with E-state index in [2.05, 4.69) is 9.05 Å². The van der Waals surface area contributed by atoms with E-state index in [-0.39, 0.29) is 17.1 Å².